The highest BCUT2D eigenvalue weighted by molar-refractivity contribution is 7.91. The summed E-state index contributed by atoms with van der Waals surface area (Å²) in [5, 5.41) is 8.76. The Hall–Kier alpha value is -0.940. The first kappa shape index (κ1) is 12.1. The molecule has 0 aliphatic heterocycles. The van der Waals surface area contributed by atoms with Crippen LogP contribution in [0, 0.1) is 5.82 Å². The number of sulfone groups is 1. The largest absolute Gasteiger partial charge is 0.387 e. The molecule has 0 aliphatic rings. The van der Waals surface area contributed by atoms with Crippen molar-refractivity contribution in [2.45, 2.75) is 18.3 Å². The van der Waals surface area contributed by atoms with Crippen LogP contribution in [0.5, 0.6) is 0 Å². The molecule has 84 valence electrons. The summed E-state index contributed by atoms with van der Waals surface area (Å²) in [6, 6.07) is 5.30. The van der Waals surface area contributed by atoms with Gasteiger partial charge >= 0.3 is 0 Å². The van der Waals surface area contributed by atoms with E-state index in [2.05, 4.69) is 0 Å². The Morgan fingerprint density at radius 1 is 1.40 bits per heavy atom. The number of benzene rings is 1. The second-order valence-electron chi connectivity index (χ2n) is 3.53. The Morgan fingerprint density at radius 3 is 2.47 bits per heavy atom. The van der Waals surface area contributed by atoms with Gasteiger partial charge in [-0.25, -0.2) is 12.8 Å². The Balaban J connectivity index is 3.00. The predicted octanol–water partition coefficient (Wildman–Crippen LogP) is 1.29. The molecule has 0 saturated heterocycles. The standard InChI is InChI=1S/C10H13FO3S/c1-7(15(2,13)14)10(12)8-4-3-5-9(11)6-8/h3-7,10,12H,1-2H3/t7-,10+/m0/s1. The zero-order chi connectivity index (χ0) is 11.6. The number of hydrogen-bond donors (Lipinski definition) is 1. The van der Waals surface area contributed by atoms with Gasteiger partial charge in [0.1, 0.15) is 5.82 Å². The lowest BCUT2D eigenvalue weighted by Gasteiger charge is -2.17. The summed E-state index contributed by atoms with van der Waals surface area (Å²) < 4.78 is 35.2. The zero-order valence-electron chi connectivity index (χ0n) is 8.51. The van der Waals surface area contributed by atoms with Crippen molar-refractivity contribution in [3.05, 3.63) is 35.6 Å². The number of rotatable bonds is 3. The van der Waals surface area contributed by atoms with Crippen molar-refractivity contribution in [1.29, 1.82) is 0 Å². The van der Waals surface area contributed by atoms with Crippen LogP contribution in [0.2, 0.25) is 0 Å². The summed E-state index contributed by atoms with van der Waals surface area (Å²) in [6.07, 6.45) is -0.157. The van der Waals surface area contributed by atoms with E-state index in [4.69, 9.17) is 0 Å². The van der Waals surface area contributed by atoms with Crippen LogP contribution >= 0.6 is 0 Å². The molecular weight excluding hydrogens is 219 g/mol. The lowest BCUT2D eigenvalue weighted by atomic mass is 10.1. The maximum absolute atomic E-state index is 12.8. The lowest BCUT2D eigenvalue weighted by Crippen LogP contribution is -2.24. The highest BCUT2D eigenvalue weighted by Gasteiger charge is 2.25. The average molecular weight is 232 g/mol. The van der Waals surface area contributed by atoms with Crippen LogP contribution in [0.1, 0.15) is 18.6 Å². The summed E-state index contributed by atoms with van der Waals surface area (Å²) in [4.78, 5) is 0. The van der Waals surface area contributed by atoms with Crippen LogP contribution in [0.4, 0.5) is 4.39 Å². The van der Waals surface area contributed by atoms with E-state index < -0.39 is 27.0 Å². The molecule has 0 fully saturated rings. The number of aliphatic hydroxyl groups is 1. The van der Waals surface area contributed by atoms with Crippen LogP contribution in [-0.4, -0.2) is 25.0 Å². The van der Waals surface area contributed by atoms with Crippen LogP contribution in [0.25, 0.3) is 0 Å². The molecule has 0 aliphatic carbocycles. The van der Waals surface area contributed by atoms with Crippen LogP contribution in [0.3, 0.4) is 0 Å². The highest BCUT2D eigenvalue weighted by Crippen LogP contribution is 2.21. The monoisotopic (exact) mass is 232 g/mol. The molecule has 3 nitrogen and oxygen atoms in total. The van der Waals surface area contributed by atoms with Gasteiger partial charge < -0.3 is 5.11 Å². The van der Waals surface area contributed by atoms with Gasteiger partial charge in [0.25, 0.3) is 0 Å². The smallest absolute Gasteiger partial charge is 0.152 e. The normalized spacial score (nSPS) is 16.0. The van der Waals surface area contributed by atoms with Crippen LogP contribution in [0.15, 0.2) is 24.3 Å². The third-order valence-corrected chi connectivity index (χ3v) is 3.92. The zero-order valence-corrected chi connectivity index (χ0v) is 9.33. The molecule has 1 aromatic carbocycles. The Morgan fingerprint density at radius 2 is 2.00 bits per heavy atom. The SMILES string of the molecule is C[C@@H]([C@@H](O)c1cccc(F)c1)S(C)(=O)=O. The number of aliphatic hydroxyl groups excluding tert-OH is 1. The van der Waals surface area contributed by atoms with Crippen molar-refractivity contribution >= 4 is 9.84 Å². The molecule has 1 rings (SSSR count). The summed E-state index contributed by atoms with van der Waals surface area (Å²) in [5.74, 6) is -0.493. The average Bonchev–Trinajstić information content (AvgIpc) is 2.14. The van der Waals surface area contributed by atoms with Crippen LogP contribution < -0.4 is 0 Å². The van der Waals surface area contributed by atoms with Gasteiger partial charge in [-0.1, -0.05) is 12.1 Å². The van der Waals surface area contributed by atoms with E-state index in [0.29, 0.717) is 0 Å². The van der Waals surface area contributed by atoms with Gasteiger partial charge in [0, 0.05) is 6.26 Å². The third-order valence-electron chi connectivity index (χ3n) is 2.31. The van der Waals surface area contributed by atoms with E-state index in [1.165, 1.54) is 25.1 Å². The molecule has 0 bridgehead atoms. The van der Waals surface area contributed by atoms with E-state index in [9.17, 15) is 17.9 Å². The fourth-order valence-electron chi connectivity index (χ4n) is 1.20. The lowest BCUT2D eigenvalue weighted by molar-refractivity contribution is 0.176. The molecule has 0 spiro atoms. The molecule has 5 heteroatoms. The van der Waals surface area contributed by atoms with Crippen molar-refractivity contribution in [2.75, 3.05) is 6.26 Å². The van der Waals surface area contributed by atoms with Gasteiger partial charge in [0.2, 0.25) is 0 Å². The molecule has 2 atom stereocenters. The van der Waals surface area contributed by atoms with Crippen molar-refractivity contribution in [1.82, 2.24) is 0 Å². The molecule has 1 N–H and O–H groups in total. The minimum Gasteiger partial charge on any atom is -0.387 e. The first-order chi connectivity index (χ1) is 6.82. The van der Waals surface area contributed by atoms with Crippen molar-refractivity contribution in [3.8, 4) is 0 Å². The molecule has 15 heavy (non-hydrogen) atoms. The van der Waals surface area contributed by atoms with Gasteiger partial charge in [-0.15, -0.1) is 0 Å². The van der Waals surface area contributed by atoms with Gasteiger partial charge in [-0.3, -0.25) is 0 Å². The minimum absolute atomic E-state index is 0.271. The summed E-state index contributed by atoms with van der Waals surface area (Å²) in [7, 11) is -3.34. The summed E-state index contributed by atoms with van der Waals surface area (Å²) in [6.45, 7) is 1.39. The van der Waals surface area contributed by atoms with Crippen molar-refractivity contribution in [2.24, 2.45) is 0 Å². The fraction of sp³-hybridized carbons (Fsp3) is 0.400. The van der Waals surface area contributed by atoms with Gasteiger partial charge in [0.05, 0.1) is 11.4 Å². The molecule has 0 amide bonds. The fourth-order valence-corrected chi connectivity index (χ4v) is 1.82. The molecule has 0 unspecified atom stereocenters. The number of hydrogen-bond acceptors (Lipinski definition) is 3. The second-order valence-corrected chi connectivity index (χ2v) is 5.94. The second kappa shape index (κ2) is 4.28. The maximum Gasteiger partial charge on any atom is 0.152 e. The van der Waals surface area contributed by atoms with Crippen molar-refractivity contribution < 1.29 is 17.9 Å². The molecule has 0 aromatic heterocycles. The molecule has 0 heterocycles. The topological polar surface area (TPSA) is 54.4 Å². The molecule has 1 aromatic rings. The van der Waals surface area contributed by atoms with Gasteiger partial charge in [-0.05, 0) is 24.6 Å². The summed E-state index contributed by atoms with van der Waals surface area (Å²) in [5.41, 5.74) is 0.271. The quantitative estimate of drug-likeness (QED) is 0.854. The molecule has 0 saturated carbocycles. The van der Waals surface area contributed by atoms with E-state index in [0.717, 1.165) is 12.3 Å². The first-order valence-corrected chi connectivity index (χ1v) is 6.40. The minimum atomic E-state index is -3.34. The van der Waals surface area contributed by atoms with E-state index >= 15 is 0 Å². The van der Waals surface area contributed by atoms with Crippen LogP contribution in [-0.2, 0) is 9.84 Å². The van der Waals surface area contributed by atoms with E-state index in [1.807, 2.05) is 0 Å². The van der Waals surface area contributed by atoms with Crippen molar-refractivity contribution in [3.63, 3.8) is 0 Å². The maximum atomic E-state index is 12.8. The van der Waals surface area contributed by atoms with Gasteiger partial charge in [-0.2, -0.15) is 0 Å². The number of halogens is 1. The highest BCUT2D eigenvalue weighted by atomic mass is 32.2. The Labute approximate surface area is 88.5 Å². The summed E-state index contributed by atoms with van der Waals surface area (Å²) >= 11 is 0. The molecule has 0 radical (unpaired) electrons. The van der Waals surface area contributed by atoms with E-state index in [-0.39, 0.29) is 5.56 Å². The first-order valence-electron chi connectivity index (χ1n) is 4.45. The van der Waals surface area contributed by atoms with E-state index in [1.54, 1.807) is 0 Å². The third kappa shape index (κ3) is 3.00. The molecular formula is C10H13FO3S. The predicted molar refractivity (Wildman–Crippen MR) is 55.7 cm³/mol. The Bertz CT molecular complexity index is 442. The van der Waals surface area contributed by atoms with Gasteiger partial charge in [0.15, 0.2) is 9.84 Å². The Kier molecular flexibility index (Phi) is 3.46.